The Kier molecular flexibility index (Phi) is 1.66. The lowest BCUT2D eigenvalue weighted by atomic mass is 10.1. The van der Waals surface area contributed by atoms with Gasteiger partial charge in [-0.3, -0.25) is 0 Å². The number of likely N-dealkylation sites (N-methyl/N-ethyl adjacent to an activating group) is 1. The van der Waals surface area contributed by atoms with Crippen molar-refractivity contribution < 1.29 is 1.43 Å². The Morgan fingerprint density at radius 1 is 1.60 bits per heavy atom. The van der Waals surface area contributed by atoms with E-state index in [2.05, 4.69) is 17.1 Å². The Balaban J connectivity index is 0.000000605. The minimum atomic E-state index is 0. The second kappa shape index (κ2) is 2.51. The minimum absolute atomic E-state index is 0. The molecule has 0 spiro atoms. The van der Waals surface area contributed by atoms with E-state index in [4.69, 9.17) is 0 Å². The maximum absolute atomic E-state index is 3.54. The fourth-order valence-corrected chi connectivity index (χ4v) is 2.20. The molecule has 0 bridgehead atoms. The zero-order chi connectivity index (χ0) is 6.97. The summed E-state index contributed by atoms with van der Waals surface area (Å²) in [7, 11) is 0. The lowest BCUT2D eigenvalue weighted by Crippen LogP contribution is -2.29. The van der Waals surface area contributed by atoms with Crippen LogP contribution in [0.25, 0.3) is 0 Å². The van der Waals surface area contributed by atoms with Crippen molar-refractivity contribution in [3.05, 3.63) is 0 Å². The second-order valence-electron chi connectivity index (χ2n) is 3.46. The predicted octanol–water partition coefficient (Wildman–Crippen LogP) is 0.546. The van der Waals surface area contributed by atoms with Crippen LogP contribution in [-0.2, 0) is 0 Å². The molecule has 0 aromatic heterocycles. The molecule has 2 nitrogen and oxygen atoms in total. The summed E-state index contributed by atoms with van der Waals surface area (Å²) in [6.07, 6.45) is 1.40. The fraction of sp³-hybridized carbons (Fsp3) is 1.00. The van der Waals surface area contributed by atoms with Gasteiger partial charge in [-0.15, -0.1) is 0 Å². The number of likely N-dealkylation sites (tertiary alicyclic amines) is 1. The smallest absolute Gasteiger partial charge is 0.0235 e. The highest BCUT2D eigenvalue weighted by Crippen LogP contribution is 2.23. The molecular formula is C8H18N2. The molecule has 60 valence electrons. The average molecular weight is 142 g/mol. The number of nitrogens with one attached hydrogen (secondary N) is 1. The molecule has 0 amide bonds. The molecule has 0 aromatic carbocycles. The van der Waals surface area contributed by atoms with Gasteiger partial charge >= 0.3 is 0 Å². The summed E-state index contributed by atoms with van der Waals surface area (Å²) in [5, 5.41) is 3.54. The first-order chi connectivity index (χ1) is 4.90. The quantitative estimate of drug-likeness (QED) is 0.575. The van der Waals surface area contributed by atoms with E-state index < -0.39 is 0 Å². The van der Waals surface area contributed by atoms with Crippen LogP contribution < -0.4 is 5.32 Å². The first-order valence-electron chi connectivity index (χ1n) is 4.36. The summed E-state index contributed by atoms with van der Waals surface area (Å²) >= 11 is 0. The van der Waals surface area contributed by atoms with Crippen LogP contribution in [0.15, 0.2) is 0 Å². The monoisotopic (exact) mass is 142 g/mol. The van der Waals surface area contributed by atoms with Crippen molar-refractivity contribution in [3.8, 4) is 0 Å². The van der Waals surface area contributed by atoms with Crippen LogP contribution in [0.3, 0.4) is 0 Å². The van der Waals surface area contributed by atoms with Crippen molar-refractivity contribution in [1.29, 1.82) is 0 Å². The minimum Gasteiger partial charge on any atom is -0.312 e. The molecular weight excluding hydrogens is 124 g/mol. The van der Waals surface area contributed by atoms with Crippen LogP contribution in [-0.4, -0.2) is 37.1 Å². The number of hydrogen-bond acceptors (Lipinski definition) is 2. The topological polar surface area (TPSA) is 15.3 Å². The number of hydrogen-bond donors (Lipinski definition) is 1. The van der Waals surface area contributed by atoms with Crippen LogP contribution in [0.2, 0.25) is 0 Å². The van der Waals surface area contributed by atoms with E-state index in [1.165, 1.54) is 32.6 Å². The van der Waals surface area contributed by atoms with E-state index in [1.54, 1.807) is 0 Å². The van der Waals surface area contributed by atoms with Gasteiger partial charge in [-0.05, 0) is 25.4 Å². The van der Waals surface area contributed by atoms with Gasteiger partial charge in [0.05, 0.1) is 0 Å². The standard InChI is InChI=1S/C8H16N2.H2/c1-2-10-5-7-3-4-9-8(7)6-10;/h7-9H,2-6H2,1H3;1H/t7-,8+;/m0./s1. The van der Waals surface area contributed by atoms with Gasteiger partial charge in [0, 0.05) is 20.6 Å². The van der Waals surface area contributed by atoms with Crippen molar-refractivity contribution in [2.24, 2.45) is 5.92 Å². The molecule has 0 unspecified atom stereocenters. The molecule has 2 atom stereocenters. The molecule has 0 aliphatic carbocycles. The van der Waals surface area contributed by atoms with E-state index in [-0.39, 0.29) is 1.43 Å². The molecule has 2 aliphatic rings. The van der Waals surface area contributed by atoms with Gasteiger partial charge in [-0.25, -0.2) is 0 Å². The van der Waals surface area contributed by atoms with E-state index >= 15 is 0 Å². The molecule has 10 heavy (non-hydrogen) atoms. The predicted molar refractivity (Wildman–Crippen MR) is 44.1 cm³/mol. The maximum atomic E-state index is 3.54. The van der Waals surface area contributed by atoms with E-state index in [0.29, 0.717) is 0 Å². The Morgan fingerprint density at radius 3 is 3.20 bits per heavy atom. The van der Waals surface area contributed by atoms with Crippen LogP contribution in [0, 0.1) is 5.92 Å². The zero-order valence-electron chi connectivity index (χ0n) is 6.64. The molecule has 2 fully saturated rings. The van der Waals surface area contributed by atoms with Crippen molar-refractivity contribution >= 4 is 0 Å². The Morgan fingerprint density at radius 2 is 2.50 bits per heavy atom. The zero-order valence-corrected chi connectivity index (χ0v) is 6.64. The number of fused-ring (bicyclic) bond motifs is 1. The van der Waals surface area contributed by atoms with Crippen LogP contribution >= 0.6 is 0 Å². The molecule has 0 aromatic rings. The maximum Gasteiger partial charge on any atom is 0.0235 e. The summed E-state index contributed by atoms with van der Waals surface area (Å²) in [5.41, 5.74) is 0. The molecule has 2 saturated heterocycles. The highest BCUT2D eigenvalue weighted by atomic mass is 15.2. The highest BCUT2D eigenvalue weighted by Gasteiger charge is 2.34. The third-order valence-corrected chi connectivity index (χ3v) is 2.89. The van der Waals surface area contributed by atoms with E-state index in [9.17, 15) is 0 Å². The van der Waals surface area contributed by atoms with Gasteiger partial charge in [0.1, 0.15) is 0 Å². The number of rotatable bonds is 1. The summed E-state index contributed by atoms with van der Waals surface area (Å²) < 4.78 is 0. The Hall–Kier alpha value is -0.0800. The summed E-state index contributed by atoms with van der Waals surface area (Å²) in [6.45, 7) is 7.37. The second-order valence-corrected chi connectivity index (χ2v) is 3.46. The normalized spacial score (nSPS) is 40.5. The Bertz CT molecular complexity index is 117. The largest absolute Gasteiger partial charge is 0.312 e. The van der Waals surface area contributed by atoms with Crippen molar-refractivity contribution in [3.63, 3.8) is 0 Å². The molecule has 2 rings (SSSR count). The highest BCUT2D eigenvalue weighted by molar-refractivity contribution is 4.93. The Labute approximate surface area is 64.1 Å². The van der Waals surface area contributed by atoms with Gasteiger partial charge in [0.15, 0.2) is 0 Å². The molecule has 2 heterocycles. The summed E-state index contributed by atoms with van der Waals surface area (Å²) in [6, 6.07) is 0.833. The molecule has 0 radical (unpaired) electrons. The number of nitrogens with zero attached hydrogens (tertiary/aromatic N) is 1. The van der Waals surface area contributed by atoms with Crippen LogP contribution in [0.1, 0.15) is 14.8 Å². The van der Waals surface area contributed by atoms with Gasteiger partial charge in [-0.1, -0.05) is 6.92 Å². The SMILES string of the molecule is CCN1C[C@@H]2CCN[C@@H]2C1.[HH]. The van der Waals surface area contributed by atoms with Crippen molar-refractivity contribution in [2.75, 3.05) is 26.2 Å². The molecule has 2 aliphatic heterocycles. The molecule has 1 N–H and O–H groups in total. The summed E-state index contributed by atoms with van der Waals surface area (Å²) in [4.78, 5) is 2.54. The van der Waals surface area contributed by atoms with Crippen molar-refractivity contribution in [2.45, 2.75) is 19.4 Å². The first kappa shape index (κ1) is 6.62. The summed E-state index contributed by atoms with van der Waals surface area (Å²) in [5.74, 6) is 0.972. The third-order valence-electron chi connectivity index (χ3n) is 2.89. The first-order valence-corrected chi connectivity index (χ1v) is 4.36. The lowest BCUT2D eigenvalue weighted by Gasteiger charge is -2.12. The van der Waals surface area contributed by atoms with Gasteiger partial charge in [0.2, 0.25) is 0 Å². The van der Waals surface area contributed by atoms with Gasteiger partial charge in [0.25, 0.3) is 0 Å². The van der Waals surface area contributed by atoms with Crippen LogP contribution in [0.5, 0.6) is 0 Å². The third kappa shape index (κ3) is 0.956. The van der Waals surface area contributed by atoms with E-state index in [0.717, 1.165) is 12.0 Å². The molecule has 0 saturated carbocycles. The van der Waals surface area contributed by atoms with Crippen LogP contribution in [0.4, 0.5) is 0 Å². The van der Waals surface area contributed by atoms with E-state index in [1.807, 2.05) is 0 Å². The van der Waals surface area contributed by atoms with Gasteiger partial charge < -0.3 is 10.2 Å². The van der Waals surface area contributed by atoms with Gasteiger partial charge in [-0.2, -0.15) is 0 Å². The lowest BCUT2D eigenvalue weighted by molar-refractivity contribution is 0.331. The fourth-order valence-electron chi connectivity index (χ4n) is 2.20. The van der Waals surface area contributed by atoms with Crippen molar-refractivity contribution in [1.82, 2.24) is 10.2 Å². The molecule has 2 heteroatoms. The average Bonchev–Trinajstić information content (AvgIpc) is 2.42.